The SMILES string of the molecule is Cc1cc(Cl)ccc1C(=O)Nc1cccc(OCCN)c1. The molecule has 0 saturated heterocycles. The molecule has 21 heavy (non-hydrogen) atoms. The first kappa shape index (κ1) is 15.4. The largest absolute Gasteiger partial charge is 0.492 e. The van der Waals surface area contributed by atoms with Crippen LogP contribution in [-0.4, -0.2) is 19.1 Å². The molecule has 0 saturated carbocycles. The molecular weight excluding hydrogens is 288 g/mol. The Hall–Kier alpha value is -2.04. The van der Waals surface area contributed by atoms with E-state index in [9.17, 15) is 4.79 Å². The molecule has 0 aromatic heterocycles. The summed E-state index contributed by atoms with van der Waals surface area (Å²) in [6.45, 7) is 2.73. The second-order valence-corrected chi connectivity index (χ2v) is 5.01. The summed E-state index contributed by atoms with van der Waals surface area (Å²) >= 11 is 5.89. The zero-order valence-corrected chi connectivity index (χ0v) is 12.5. The highest BCUT2D eigenvalue weighted by Gasteiger charge is 2.10. The van der Waals surface area contributed by atoms with Gasteiger partial charge in [0.05, 0.1) is 0 Å². The molecule has 0 radical (unpaired) electrons. The molecule has 2 aromatic rings. The minimum Gasteiger partial charge on any atom is -0.492 e. The Morgan fingerprint density at radius 1 is 1.29 bits per heavy atom. The number of carbonyl (C=O) groups is 1. The topological polar surface area (TPSA) is 64.3 Å². The molecule has 0 bridgehead atoms. The highest BCUT2D eigenvalue weighted by molar-refractivity contribution is 6.30. The Kier molecular flexibility index (Phi) is 5.20. The molecule has 3 N–H and O–H groups in total. The monoisotopic (exact) mass is 304 g/mol. The fraction of sp³-hybridized carbons (Fsp3) is 0.188. The molecular formula is C16H17ClN2O2. The smallest absolute Gasteiger partial charge is 0.255 e. The van der Waals surface area contributed by atoms with Gasteiger partial charge >= 0.3 is 0 Å². The molecule has 0 aliphatic heterocycles. The van der Waals surface area contributed by atoms with Crippen LogP contribution in [0.4, 0.5) is 5.69 Å². The molecule has 0 heterocycles. The Morgan fingerprint density at radius 2 is 2.10 bits per heavy atom. The number of hydrogen-bond donors (Lipinski definition) is 2. The van der Waals surface area contributed by atoms with Crippen LogP contribution in [0.5, 0.6) is 5.75 Å². The van der Waals surface area contributed by atoms with E-state index in [0.717, 1.165) is 5.56 Å². The number of nitrogens with one attached hydrogen (secondary N) is 1. The summed E-state index contributed by atoms with van der Waals surface area (Å²) < 4.78 is 5.43. The van der Waals surface area contributed by atoms with E-state index >= 15 is 0 Å². The maximum atomic E-state index is 12.3. The van der Waals surface area contributed by atoms with Gasteiger partial charge in [-0.2, -0.15) is 0 Å². The number of aryl methyl sites for hydroxylation is 1. The molecule has 1 amide bonds. The molecule has 2 aromatic carbocycles. The van der Waals surface area contributed by atoms with Crippen LogP contribution in [0.2, 0.25) is 5.02 Å². The molecule has 0 atom stereocenters. The third kappa shape index (κ3) is 4.21. The lowest BCUT2D eigenvalue weighted by molar-refractivity contribution is 0.102. The second-order valence-electron chi connectivity index (χ2n) is 4.58. The predicted octanol–water partition coefficient (Wildman–Crippen LogP) is 3.24. The number of ether oxygens (including phenoxy) is 1. The fourth-order valence-corrected chi connectivity index (χ4v) is 2.15. The van der Waals surface area contributed by atoms with Crippen LogP contribution in [0.15, 0.2) is 42.5 Å². The first-order chi connectivity index (χ1) is 10.1. The van der Waals surface area contributed by atoms with Crippen LogP contribution in [0, 0.1) is 6.92 Å². The number of amides is 1. The summed E-state index contributed by atoms with van der Waals surface area (Å²) in [4.78, 5) is 12.3. The summed E-state index contributed by atoms with van der Waals surface area (Å²) in [5.41, 5.74) is 7.48. The first-order valence-corrected chi connectivity index (χ1v) is 6.98. The van der Waals surface area contributed by atoms with Gasteiger partial charge in [-0.25, -0.2) is 0 Å². The number of hydrogen-bond acceptors (Lipinski definition) is 3. The molecule has 2 rings (SSSR count). The van der Waals surface area contributed by atoms with Gasteiger partial charge in [-0.15, -0.1) is 0 Å². The van der Waals surface area contributed by atoms with E-state index in [4.69, 9.17) is 22.1 Å². The molecule has 0 unspecified atom stereocenters. The molecule has 4 nitrogen and oxygen atoms in total. The van der Waals surface area contributed by atoms with E-state index < -0.39 is 0 Å². The summed E-state index contributed by atoms with van der Waals surface area (Å²) in [6, 6.07) is 12.4. The Bertz CT molecular complexity index is 644. The Labute approximate surface area is 128 Å². The zero-order valence-electron chi connectivity index (χ0n) is 11.7. The standard InChI is InChI=1S/C16H17ClN2O2/c1-11-9-12(17)5-6-15(11)16(20)19-13-3-2-4-14(10-13)21-8-7-18/h2-6,9-10H,7-8,18H2,1H3,(H,19,20). The fourth-order valence-electron chi connectivity index (χ4n) is 1.92. The molecule has 0 aliphatic rings. The van der Waals surface area contributed by atoms with Gasteiger partial charge < -0.3 is 15.8 Å². The number of halogens is 1. The number of carbonyl (C=O) groups excluding carboxylic acids is 1. The number of anilines is 1. The minimum absolute atomic E-state index is 0.180. The van der Waals surface area contributed by atoms with Crippen molar-refractivity contribution < 1.29 is 9.53 Å². The van der Waals surface area contributed by atoms with E-state index in [1.807, 2.05) is 19.1 Å². The summed E-state index contributed by atoms with van der Waals surface area (Å²) in [7, 11) is 0. The molecule has 5 heteroatoms. The average Bonchev–Trinajstić information content (AvgIpc) is 2.45. The van der Waals surface area contributed by atoms with Crippen molar-refractivity contribution in [2.24, 2.45) is 5.73 Å². The molecule has 0 fully saturated rings. The van der Waals surface area contributed by atoms with Gasteiger partial charge in [0, 0.05) is 28.9 Å². The van der Waals surface area contributed by atoms with Crippen molar-refractivity contribution in [3.05, 3.63) is 58.6 Å². The Morgan fingerprint density at radius 3 is 2.81 bits per heavy atom. The van der Waals surface area contributed by atoms with Crippen LogP contribution in [-0.2, 0) is 0 Å². The van der Waals surface area contributed by atoms with Crippen LogP contribution < -0.4 is 15.8 Å². The van der Waals surface area contributed by atoms with Crippen molar-refractivity contribution >= 4 is 23.2 Å². The normalized spacial score (nSPS) is 10.2. The molecule has 0 aliphatic carbocycles. The van der Waals surface area contributed by atoms with Gasteiger partial charge in [0.1, 0.15) is 12.4 Å². The predicted molar refractivity (Wildman–Crippen MR) is 85.1 cm³/mol. The van der Waals surface area contributed by atoms with Crippen molar-refractivity contribution in [1.29, 1.82) is 0 Å². The van der Waals surface area contributed by atoms with Crippen molar-refractivity contribution in [2.75, 3.05) is 18.5 Å². The lowest BCUT2D eigenvalue weighted by Gasteiger charge is -2.10. The maximum Gasteiger partial charge on any atom is 0.255 e. The van der Waals surface area contributed by atoms with E-state index in [1.54, 1.807) is 30.3 Å². The third-order valence-corrected chi connectivity index (χ3v) is 3.15. The average molecular weight is 305 g/mol. The van der Waals surface area contributed by atoms with Gasteiger partial charge in [-0.1, -0.05) is 17.7 Å². The van der Waals surface area contributed by atoms with Crippen LogP contribution in [0.25, 0.3) is 0 Å². The lowest BCUT2D eigenvalue weighted by Crippen LogP contribution is -2.14. The number of rotatable bonds is 5. The van der Waals surface area contributed by atoms with Crippen molar-refractivity contribution in [1.82, 2.24) is 0 Å². The first-order valence-electron chi connectivity index (χ1n) is 6.60. The van der Waals surface area contributed by atoms with E-state index in [2.05, 4.69) is 5.32 Å². The van der Waals surface area contributed by atoms with Crippen LogP contribution in [0.1, 0.15) is 15.9 Å². The van der Waals surface area contributed by atoms with Crippen molar-refractivity contribution in [3.8, 4) is 5.75 Å². The van der Waals surface area contributed by atoms with Gasteiger partial charge in [-0.05, 0) is 42.8 Å². The Balaban J connectivity index is 2.12. The molecule has 0 spiro atoms. The summed E-state index contributed by atoms with van der Waals surface area (Å²) in [5, 5.41) is 3.45. The van der Waals surface area contributed by atoms with Gasteiger partial charge in [-0.3, -0.25) is 4.79 Å². The van der Waals surface area contributed by atoms with E-state index in [0.29, 0.717) is 35.2 Å². The van der Waals surface area contributed by atoms with Gasteiger partial charge in [0.2, 0.25) is 0 Å². The summed E-state index contributed by atoms with van der Waals surface area (Å²) in [5.74, 6) is 0.492. The lowest BCUT2D eigenvalue weighted by atomic mass is 10.1. The van der Waals surface area contributed by atoms with E-state index in [-0.39, 0.29) is 5.91 Å². The van der Waals surface area contributed by atoms with Gasteiger partial charge in [0.25, 0.3) is 5.91 Å². The quantitative estimate of drug-likeness (QED) is 0.891. The van der Waals surface area contributed by atoms with E-state index in [1.165, 1.54) is 0 Å². The van der Waals surface area contributed by atoms with Crippen molar-refractivity contribution in [2.45, 2.75) is 6.92 Å². The van der Waals surface area contributed by atoms with Crippen LogP contribution in [0.3, 0.4) is 0 Å². The van der Waals surface area contributed by atoms with Gasteiger partial charge in [0.15, 0.2) is 0 Å². The number of benzene rings is 2. The third-order valence-electron chi connectivity index (χ3n) is 2.91. The number of nitrogens with two attached hydrogens (primary N) is 1. The second kappa shape index (κ2) is 7.11. The molecule has 110 valence electrons. The minimum atomic E-state index is -0.180. The maximum absolute atomic E-state index is 12.3. The zero-order chi connectivity index (χ0) is 15.2. The highest BCUT2D eigenvalue weighted by atomic mass is 35.5. The van der Waals surface area contributed by atoms with Crippen LogP contribution >= 0.6 is 11.6 Å². The summed E-state index contributed by atoms with van der Waals surface area (Å²) in [6.07, 6.45) is 0. The van der Waals surface area contributed by atoms with Crippen molar-refractivity contribution in [3.63, 3.8) is 0 Å². The highest BCUT2D eigenvalue weighted by Crippen LogP contribution is 2.20.